The maximum Gasteiger partial charge on any atom is 0.327 e. The van der Waals surface area contributed by atoms with E-state index in [0.717, 1.165) is 16.7 Å². The molecule has 0 aliphatic carbocycles. The zero-order chi connectivity index (χ0) is 24.9. The van der Waals surface area contributed by atoms with E-state index in [0.29, 0.717) is 18.7 Å². The number of carbonyl (C=O) groups excluding carboxylic acids is 3. The van der Waals surface area contributed by atoms with Crippen LogP contribution in [0.15, 0.2) is 91.0 Å². The maximum atomic E-state index is 14.1. The Morgan fingerprint density at radius 2 is 1.53 bits per heavy atom. The molecule has 0 spiro atoms. The number of rotatable bonds is 4. The molecular weight excluding hydrogens is 452 g/mol. The number of anilines is 1. The standard InChI is InChI=1S/C30H26N2O4/c1-36-29(35)30-18-21-12-8-9-13-22(21)19-31(30)24(17-16-20-10-4-2-5-11-20)25-26(30)28(34)32(27(25)33)23-14-6-3-7-15-23/h2-17,24-26H,18-19H2,1H3/b17-16+/t24-,25+,26-,30+/m0/s1. The molecule has 2 saturated heterocycles. The number of nitrogens with zero attached hydrogens (tertiary/aromatic N) is 2. The van der Waals surface area contributed by atoms with Gasteiger partial charge in [0.2, 0.25) is 11.8 Å². The molecule has 3 heterocycles. The van der Waals surface area contributed by atoms with Crippen LogP contribution in [0.3, 0.4) is 0 Å². The second-order valence-corrected chi connectivity index (χ2v) is 9.60. The summed E-state index contributed by atoms with van der Waals surface area (Å²) in [5.41, 5.74) is 2.34. The van der Waals surface area contributed by atoms with Crippen molar-refractivity contribution in [1.82, 2.24) is 4.90 Å². The molecule has 6 rings (SSSR count). The van der Waals surface area contributed by atoms with Gasteiger partial charge in [-0.1, -0.05) is 84.9 Å². The molecule has 3 aromatic carbocycles. The zero-order valence-corrected chi connectivity index (χ0v) is 19.9. The van der Waals surface area contributed by atoms with Gasteiger partial charge in [-0.05, 0) is 28.8 Å². The fraction of sp³-hybridized carbons (Fsp3) is 0.233. The van der Waals surface area contributed by atoms with E-state index in [1.165, 1.54) is 12.0 Å². The summed E-state index contributed by atoms with van der Waals surface area (Å²) in [6.07, 6.45) is 4.26. The van der Waals surface area contributed by atoms with Crippen LogP contribution < -0.4 is 4.90 Å². The normalized spacial score (nSPS) is 27.1. The molecule has 3 aromatic rings. The Kier molecular flexibility index (Phi) is 5.34. The van der Waals surface area contributed by atoms with Gasteiger partial charge >= 0.3 is 5.97 Å². The first kappa shape index (κ1) is 22.4. The number of ether oxygens (including phenoxy) is 1. The largest absolute Gasteiger partial charge is 0.468 e. The second kappa shape index (κ2) is 8.57. The van der Waals surface area contributed by atoms with Crippen LogP contribution in [-0.2, 0) is 32.1 Å². The van der Waals surface area contributed by atoms with Crippen LogP contribution in [0.1, 0.15) is 16.7 Å². The van der Waals surface area contributed by atoms with Crippen molar-refractivity contribution < 1.29 is 19.1 Å². The monoisotopic (exact) mass is 478 g/mol. The van der Waals surface area contributed by atoms with Crippen molar-refractivity contribution in [3.63, 3.8) is 0 Å². The highest BCUT2D eigenvalue weighted by Gasteiger charge is 2.72. The fourth-order valence-corrected chi connectivity index (χ4v) is 6.31. The summed E-state index contributed by atoms with van der Waals surface area (Å²) in [6.45, 7) is 0.452. The topological polar surface area (TPSA) is 66.9 Å². The van der Waals surface area contributed by atoms with Crippen molar-refractivity contribution in [3.05, 3.63) is 108 Å². The van der Waals surface area contributed by atoms with E-state index >= 15 is 0 Å². The van der Waals surface area contributed by atoms with Crippen LogP contribution in [0.25, 0.3) is 6.08 Å². The molecule has 0 aromatic heterocycles. The number of esters is 1. The molecule has 3 aliphatic heterocycles. The number of para-hydroxylation sites is 1. The molecule has 2 fully saturated rings. The van der Waals surface area contributed by atoms with Crippen LogP contribution in [-0.4, -0.2) is 41.4 Å². The molecule has 0 unspecified atom stereocenters. The van der Waals surface area contributed by atoms with E-state index in [9.17, 15) is 14.4 Å². The molecule has 2 amide bonds. The van der Waals surface area contributed by atoms with E-state index in [-0.39, 0.29) is 11.8 Å². The first-order valence-corrected chi connectivity index (χ1v) is 12.1. The quantitative estimate of drug-likeness (QED) is 0.421. The van der Waals surface area contributed by atoms with Crippen LogP contribution in [0.5, 0.6) is 0 Å². The van der Waals surface area contributed by atoms with Crippen LogP contribution in [0, 0.1) is 11.8 Å². The third kappa shape index (κ3) is 3.18. The first-order chi connectivity index (χ1) is 17.6. The fourth-order valence-electron chi connectivity index (χ4n) is 6.31. The van der Waals surface area contributed by atoms with Gasteiger partial charge in [0.15, 0.2) is 0 Å². The van der Waals surface area contributed by atoms with Crippen molar-refractivity contribution >= 4 is 29.5 Å². The molecular formula is C30H26N2O4. The Hall–Kier alpha value is -4.03. The van der Waals surface area contributed by atoms with Crippen molar-refractivity contribution in [2.45, 2.75) is 24.5 Å². The lowest BCUT2D eigenvalue weighted by Gasteiger charge is -2.44. The van der Waals surface area contributed by atoms with Gasteiger partial charge in [0.1, 0.15) is 5.54 Å². The summed E-state index contributed by atoms with van der Waals surface area (Å²) < 4.78 is 5.37. The van der Waals surface area contributed by atoms with Gasteiger partial charge in [0, 0.05) is 19.0 Å². The number of benzene rings is 3. The van der Waals surface area contributed by atoms with Gasteiger partial charge in [-0.2, -0.15) is 0 Å². The first-order valence-electron chi connectivity index (χ1n) is 12.1. The molecule has 0 bridgehead atoms. The summed E-state index contributed by atoms with van der Waals surface area (Å²) in [5, 5.41) is 0. The average molecular weight is 479 g/mol. The minimum atomic E-state index is -1.27. The summed E-state index contributed by atoms with van der Waals surface area (Å²) in [7, 11) is 1.36. The van der Waals surface area contributed by atoms with Crippen molar-refractivity contribution in [2.75, 3.05) is 12.0 Å². The van der Waals surface area contributed by atoms with E-state index in [2.05, 4.69) is 0 Å². The smallest absolute Gasteiger partial charge is 0.327 e. The van der Waals surface area contributed by atoms with Crippen LogP contribution in [0.4, 0.5) is 5.69 Å². The number of methoxy groups -OCH3 is 1. The molecule has 180 valence electrons. The summed E-state index contributed by atoms with van der Waals surface area (Å²) in [5.74, 6) is -2.65. The van der Waals surface area contributed by atoms with Crippen LogP contribution in [0.2, 0.25) is 0 Å². The third-order valence-electron chi connectivity index (χ3n) is 7.86. The predicted octanol–water partition coefficient (Wildman–Crippen LogP) is 3.86. The Morgan fingerprint density at radius 1 is 0.889 bits per heavy atom. The van der Waals surface area contributed by atoms with Gasteiger partial charge in [-0.25, -0.2) is 4.90 Å². The lowest BCUT2D eigenvalue weighted by molar-refractivity contribution is -0.160. The van der Waals surface area contributed by atoms with Gasteiger partial charge in [0.05, 0.1) is 24.6 Å². The van der Waals surface area contributed by atoms with Gasteiger partial charge < -0.3 is 4.74 Å². The summed E-state index contributed by atoms with van der Waals surface area (Å²) in [6, 6.07) is 26.3. The molecule has 0 radical (unpaired) electrons. The number of carbonyl (C=O) groups is 3. The number of fused-ring (bicyclic) bond motifs is 4. The van der Waals surface area contributed by atoms with E-state index in [1.54, 1.807) is 24.3 Å². The molecule has 6 heteroatoms. The van der Waals surface area contributed by atoms with Crippen molar-refractivity contribution in [3.8, 4) is 0 Å². The predicted molar refractivity (Wildman–Crippen MR) is 136 cm³/mol. The highest BCUT2D eigenvalue weighted by molar-refractivity contribution is 6.24. The molecule has 0 N–H and O–H groups in total. The maximum absolute atomic E-state index is 14.1. The average Bonchev–Trinajstić information content (AvgIpc) is 3.36. The number of amides is 2. The molecule has 4 atom stereocenters. The summed E-state index contributed by atoms with van der Waals surface area (Å²) >= 11 is 0. The number of hydrogen-bond acceptors (Lipinski definition) is 5. The lowest BCUT2D eigenvalue weighted by atomic mass is 9.74. The Morgan fingerprint density at radius 3 is 2.22 bits per heavy atom. The molecule has 3 aliphatic rings. The van der Waals surface area contributed by atoms with Crippen molar-refractivity contribution in [1.29, 1.82) is 0 Å². The number of imide groups is 1. The van der Waals surface area contributed by atoms with Gasteiger partial charge in [-0.15, -0.1) is 0 Å². The van der Waals surface area contributed by atoms with Gasteiger partial charge in [-0.3, -0.25) is 19.3 Å². The second-order valence-electron chi connectivity index (χ2n) is 9.60. The Balaban J connectivity index is 1.53. The van der Waals surface area contributed by atoms with Crippen LogP contribution >= 0.6 is 0 Å². The molecule has 6 nitrogen and oxygen atoms in total. The van der Waals surface area contributed by atoms with E-state index in [4.69, 9.17) is 4.74 Å². The highest BCUT2D eigenvalue weighted by atomic mass is 16.5. The van der Waals surface area contributed by atoms with Crippen molar-refractivity contribution in [2.24, 2.45) is 11.8 Å². The lowest BCUT2D eigenvalue weighted by Crippen LogP contribution is -2.61. The van der Waals surface area contributed by atoms with E-state index < -0.39 is 29.4 Å². The molecule has 36 heavy (non-hydrogen) atoms. The number of hydrogen-bond donors (Lipinski definition) is 0. The van der Waals surface area contributed by atoms with E-state index in [1.807, 2.05) is 77.7 Å². The minimum absolute atomic E-state index is 0.277. The Bertz CT molecular complexity index is 1370. The third-order valence-corrected chi connectivity index (χ3v) is 7.86. The SMILES string of the molecule is COC(=O)[C@]12Cc3ccccc3CN1[C@@H](/C=C/c1ccccc1)[C@H]1C(=O)N(c3ccccc3)C(=O)[C@H]12. The Labute approximate surface area is 209 Å². The minimum Gasteiger partial charge on any atom is -0.468 e. The highest BCUT2D eigenvalue weighted by Crippen LogP contribution is 2.54. The van der Waals surface area contributed by atoms with Gasteiger partial charge in [0.25, 0.3) is 0 Å². The zero-order valence-electron chi connectivity index (χ0n) is 19.9. The summed E-state index contributed by atoms with van der Waals surface area (Å²) in [4.78, 5) is 45.0. The molecule has 0 saturated carbocycles.